The molecule has 4 heteroatoms. The van der Waals surface area contributed by atoms with Gasteiger partial charge in [-0.15, -0.1) is 0 Å². The van der Waals surface area contributed by atoms with E-state index in [1.165, 1.54) is 48.2 Å². The highest BCUT2D eigenvalue weighted by molar-refractivity contribution is 5.61. The molecule has 4 nitrogen and oxygen atoms in total. The lowest BCUT2D eigenvalue weighted by atomic mass is 10.0. The minimum absolute atomic E-state index is 0.568. The first-order valence-electron chi connectivity index (χ1n) is 9.80. The first kappa shape index (κ1) is 17.1. The van der Waals surface area contributed by atoms with Gasteiger partial charge in [0.2, 0.25) is 0 Å². The predicted octanol–water partition coefficient (Wildman–Crippen LogP) is 4.11. The maximum atomic E-state index is 6.03. The van der Waals surface area contributed by atoms with Crippen LogP contribution in [-0.2, 0) is 0 Å². The fourth-order valence-electron chi connectivity index (χ4n) is 4.70. The minimum Gasteiger partial charge on any atom is -0.399 e. The highest BCUT2D eigenvalue weighted by Crippen LogP contribution is 2.37. The van der Waals surface area contributed by atoms with Gasteiger partial charge in [0, 0.05) is 47.9 Å². The van der Waals surface area contributed by atoms with Crippen LogP contribution in [0, 0.1) is 13.8 Å². The molecule has 0 spiro atoms. The van der Waals surface area contributed by atoms with Gasteiger partial charge >= 0.3 is 0 Å². The third kappa shape index (κ3) is 2.98. The first-order chi connectivity index (χ1) is 12.5. The largest absolute Gasteiger partial charge is 0.399 e. The molecule has 0 saturated carbocycles. The number of aryl methyl sites for hydroxylation is 2. The molecule has 2 atom stereocenters. The zero-order valence-electron chi connectivity index (χ0n) is 15.9. The Morgan fingerprint density at radius 2 is 1.15 bits per heavy atom. The van der Waals surface area contributed by atoms with Crippen LogP contribution in [0.15, 0.2) is 36.4 Å². The maximum Gasteiger partial charge on any atom is 0.0494 e. The van der Waals surface area contributed by atoms with Crippen molar-refractivity contribution in [2.24, 2.45) is 0 Å². The van der Waals surface area contributed by atoms with Gasteiger partial charge in [0.1, 0.15) is 0 Å². The molecule has 0 bridgehead atoms. The Morgan fingerprint density at radius 3 is 1.54 bits per heavy atom. The van der Waals surface area contributed by atoms with E-state index in [4.69, 9.17) is 11.5 Å². The number of nitrogens with two attached hydrogens (primary N) is 2. The van der Waals surface area contributed by atoms with E-state index in [0.29, 0.717) is 12.1 Å². The molecule has 4 N–H and O–H groups in total. The second kappa shape index (κ2) is 6.75. The van der Waals surface area contributed by atoms with Gasteiger partial charge < -0.3 is 21.3 Å². The van der Waals surface area contributed by atoms with Crippen LogP contribution in [0.3, 0.4) is 0 Å². The molecule has 2 fully saturated rings. The van der Waals surface area contributed by atoms with Crippen molar-refractivity contribution in [2.75, 3.05) is 34.4 Å². The minimum atomic E-state index is 0.568. The summed E-state index contributed by atoms with van der Waals surface area (Å²) < 4.78 is 0. The molecule has 26 heavy (non-hydrogen) atoms. The predicted molar refractivity (Wildman–Crippen MR) is 112 cm³/mol. The summed E-state index contributed by atoms with van der Waals surface area (Å²) in [5, 5.41) is 0. The second-order valence-electron chi connectivity index (χ2n) is 7.89. The SMILES string of the molecule is Cc1cc(N2CCCC2C2CCCN2c2ccc(N)c(C)c2)ccc1N. The van der Waals surface area contributed by atoms with Crippen molar-refractivity contribution in [1.29, 1.82) is 0 Å². The van der Waals surface area contributed by atoms with Crippen molar-refractivity contribution in [3.8, 4) is 0 Å². The van der Waals surface area contributed by atoms with E-state index >= 15 is 0 Å². The van der Waals surface area contributed by atoms with Crippen LogP contribution in [0.4, 0.5) is 22.7 Å². The van der Waals surface area contributed by atoms with Crippen LogP contribution in [-0.4, -0.2) is 25.2 Å². The fraction of sp³-hybridized carbons (Fsp3) is 0.455. The fourth-order valence-corrected chi connectivity index (χ4v) is 4.70. The molecule has 0 aliphatic carbocycles. The number of benzene rings is 2. The zero-order chi connectivity index (χ0) is 18.3. The van der Waals surface area contributed by atoms with Crippen LogP contribution in [0.25, 0.3) is 0 Å². The molecular weight excluding hydrogens is 320 g/mol. The van der Waals surface area contributed by atoms with Crippen molar-refractivity contribution < 1.29 is 0 Å². The summed E-state index contributed by atoms with van der Waals surface area (Å²) >= 11 is 0. The number of nitrogen functional groups attached to an aromatic ring is 2. The molecule has 2 heterocycles. The van der Waals surface area contributed by atoms with Crippen LogP contribution in [0.5, 0.6) is 0 Å². The molecule has 2 saturated heterocycles. The summed E-state index contributed by atoms with van der Waals surface area (Å²) in [6.45, 7) is 6.48. The zero-order valence-corrected chi connectivity index (χ0v) is 15.9. The summed E-state index contributed by atoms with van der Waals surface area (Å²) in [6.07, 6.45) is 5.05. The Labute approximate surface area is 156 Å². The lowest BCUT2D eigenvalue weighted by Crippen LogP contribution is -2.46. The van der Waals surface area contributed by atoms with E-state index in [0.717, 1.165) is 24.5 Å². The Balaban J connectivity index is 1.61. The van der Waals surface area contributed by atoms with Crippen LogP contribution >= 0.6 is 0 Å². The van der Waals surface area contributed by atoms with Gasteiger partial charge in [-0.05, 0) is 87.1 Å². The topological polar surface area (TPSA) is 58.5 Å². The quantitative estimate of drug-likeness (QED) is 0.818. The second-order valence-corrected chi connectivity index (χ2v) is 7.89. The Morgan fingerprint density at radius 1 is 0.731 bits per heavy atom. The summed E-state index contributed by atoms with van der Waals surface area (Å²) in [5.41, 5.74) is 18.8. The molecule has 4 rings (SSSR count). The van der Waals surface area contributed by atoms with Crippen molar-refractivity contribution in [3.63, 3.8) is 0 Å². The number of hydrogen-bond acceptors (Lipinski definition) is 4. The van der Waals surface area contributed by atoms with Gasteiger partial charge in [-0.2, -0.15) is 0 Å². The van der Waals surface area contributed by atoms with Crippen LogP contribution < -0.4 is 21.3 Å². The van der Waals surface area contributed by atoms with E-state index in [1.54, 1.807) is 0 Å². The standard InChI is InChI=1S/C22H30N4/c1-15-13-17(7-9-19(15)23)25-11-3-5-21(25)22-6-4-12-26(22)18-8-10-20(24)16(2)14-18/h7-10,13-14,21-22H,3-6,11-12,23-24H2,1-2H3. The van der Waals surface area contributed by atoms with Gasteiger partial charge in [0.15, 0.2) is 0 Å². The molecule has 138 valence electrons. The van der Waals surface area contributed by atoms with Gasteiger partial charge in [-0.1, -0.05) is 0 Å². The van der Waals surface area contributed by atoms with E-state index in [9.17, 15) is 0 Å². The third-order valence-corrected chi connectivity index (χ3v) is 6.21. The van der Waals surface area contributed by atoms with E-state index in [1.807, 2.05) is 0 Å². The van der Waals surface area contributed by atoms with Crippen molar-refractivity contribution >= 4 is 22.7 Å². The van der Waals surface area contributed by atoms with Crippen molar-refractivity contribution in [3.05, 3.63) is 47.5 Å². The molecule has 0 aromatic heterocycles. The summed E-state index contributed by atoms with van der Waals surface area (Å²) in [4.78, 5) is 5.22. The van der Waals surface area contributed by atoms with E-state index in [-0.39, 0.29) is 0 Å². The highest BCUT2D eigenvalue weighted by Gasteiger charge is 2.38. The summed E-state index contributed by atoms with van der Waals surface area (Å²) in [5.74, 6) is 0. The van der Waals surface area contributed by atoms with Crippen LogP contribution in [0.1, 0.15) is 36.8 Å². The number of nitrogens with zero attached hydrogens (tertiary/aromatic N) is 2. The molecule has 2 aliphatic rings. The van der Waals surface area contributed by atoms with Crippen LogP contribution in [0.2, 0.25) is 0 Å². The van der Waals surface area contributed by atoms with Gasteiger partial charge in [-0.25, -0.2) is 0 Å². The maximum absolute atomic E-state index is 6.03. The van der Waals surface area contributed by atoms with Gasteiger partial charge in [0.25, 0.3) is 0 Å². The molecule has 0 amide bonds. The normalized spacial score (nSPS) is 23.0. The summed E-state index contributed by atoms with van der Waals surface area (Å²) in [7, 11) is 0. The Kier molecular flexibility index (Phi) is 4.43. The molecule has 2 aromatic rings. The van der Waals surface area contributed by atoms with E-state index in [2.05, 4.69) is 60.0 Å². The lowest BCUT2D eigenvalue weighted by Gasteiger charge is -2.37. The smallest absolute Gasteiger partial charge is 0.0494 e. The Hall–Kier alpha value is -2.36. The highest BCUT2D eigenvalue weighted by atomic mass is 15.3. The summed E-state index contributed by atoms with van der Waals surface area (Å²) in [6, 6.07) is 14.1. The average Bonchev–Trinajstić information content (AvgIpc) is 3.28. The van der Waals surface area contributed by atoms with E-state index < -0.39 is 0 Å². The Bertz CT molecular complexity index is 733. The molecule has 2 aromatic carbocycles. The monoisotopic (exact) mass is 350 g/mol. The number of rotatable bonds is 3. The number of anilines is 4. The number of hydrogen-bond donors (Lipinski definition) is 2. The molecule has 2 unspecified atom stereocenters. The molecular formula is C22H30N4. The molecule has 0 radical (unpaired) electrons. The lowest BCUT2D eigenvalue weighted by molar-refractivity contribution is 0.521. The molecule has 2 aliphatic heterocycles. The van der Waals surface area contributed by atoms with Gasteiger partial charge in [-0.3, -0.25) is 0 Å². The third-order valence-electron chi connectivity index (χ3n) is 6.21. The average molecular weight is 351 g/mol. The van der Waals surface area contributed by atoms with Gasteiger partial charge in [0.05, 0.1) is 0 Å². The van der Waals surface area contributed by atoms with Crippen molar-refractivity contribution in [1.82, 2.24) is 0 Å². The first-order valence-corrected chi connectivity index (χ1v) is 9.80. The van der Waals surface area contributed by atoms with Crippen molar-refractivity contribution in [2.45, 2.75) is 51.6 Å².